The zero-order valence-electron chi connectivity index (χ0n) is 22.8. The number of rotatable bonds is 4. The van der Waals surface area contributed by atoms with Gasteiger partial charge in [0.1, 0.15) is 17.4 Å². The van der Waals surface area contributed by atoms with Gasteiger partial charge in [0.25, 0.3) is 0 Å². The average molecular weight is 497 g/mol. The number of amides is 1. The van der Waals surface area contributed by atoms with Crippen LogP contribution in [-0.4, -0.2) is 52.1 Å². The summed E-state index contributed by atoms with van der Waals surface area (Å²) in [5, 5.41) is 11.1. The first-order valence-electron chi connectivity index (χ1n) is 13.0. The number of carbonyl (C=O) groups is 1. The Morgan fingerprint density at radius 3 is 2.28 bits per heavy atom. The van der Waals surface area contributed by atoms with Gasteiger partial charge in [-0.2, -0.15) is 0 Å². The maximum Gasteiger partial charge on any atom is 0.222 e. The summed E-state index contributed by atoms with van der Waals surface area (Å²) < 4.78 is 14.5. The Hall–Kier alpha value is -3.22. The fourth-order valence-corrected chi connectivity index (χ4v) is 3.85. The van der Waals surface area contributed by atoms with Crippen molar-refractivity contribution in [1.29, 1.82) is 0 Å². The molecule has 0 unspecified atom stereocenters. The number of hydrogen-bond donors (Lipinski definition) is 1. The van der Waals surface area contributed by atoms with Crippen molar-refractivity contribution in [3.8, 4) is 17.1 Å². The SMILES string of the molecule is CC.CC(C)C.CCCC(=O)N1CCN(c2nc(-c3c(O)cccc3F)nc3cc(C)ccc23)CC1. The van der Waals surface area contributed by atoms with Crippen LogP contribution in [0.2, 0.25) is 0 Å². The summed E-state index contributed by atoms with van der Waals surface area (Å²) >= 11 is 0. The summed E-state index contributed by atoms with van der Waals surface area (Å²) in [5.41, 5.74) is 1.73. The van der Waals surface area contributed by atoms with Crippen LogP contribution in [0.5, 0.6) is 5.75 Å². The number of aryl methyl sites for hydroxylation is 1. The van der Waals surface area contributed by atoms with Crippen LogP contribution in [0.15, 0.2) is 36.4 Å². The summed E-state index contributed by atoms with van der Waals surface area (Å²) in [6.07, 6.45) is 1.40. The summed E-state index contributed by atoms with van der Waals surface area (Å²) in [7, 11) is 0. The largest absolute Gasteiger partial charge is 0.507 e. The molecule has 3 aromatic rings. The van der Waals surface area contributed by atoms with E-state index in [-0.39, 0.29) is 23.0 Å². The van der Waals surface area contributed by atoms with Crippen molar-refractivity contribution in [2.75, 3.05) is 31.1 Å². The zero-order valence-corrected chi connectivity index (χ0v) is 22.8. The molecule has 0 spiro atoms. The first-order chi connectivity index (χ1) is 17.2. The lowest BCUT2D eigenvalue weighted by molar-refractivity contribution is -0.131. The molecule has 2 aromatic carbocycles. The molecule has 1 saturated heterocycles. The first kappa shape index (κ1) is 29.0. The van der Waals surface area contributed by atoms with Crippen molar-refractivity contribution in [1.82, 2.24) is 14.9 Å². The van der Waals surface area contributed by atoms with Crippen LogP contribution < -0.4 is 4.90 Å². The van der Waals surface area contributed by atoms with Crippen LogP contribution in [0.4, 0.5) is 10.2 Å². The van der Waals surface area contributed by atoms with Crippen LogP contribution in [0.3, 0.4) is 0 Å². The van der Waals surface area contributed by atoms with Crippen molar-refractivity contribution in [2.45, 2.75) is 61.3 Å². The second-order valence-electron chi connectivity index (χ2n) is 9.38. The van der Waals surface area contributed by atoms with Gasteiger partial charge in [0.05, 0.1) is 11.1 Å². The Labute approximate surface area is 215 Å². The Morgan fingerprint density at radius 1 is 1.06 bits per heavy atom. The second-order valence-corrected chi connectivity index (χ2v) is 9.38. The van der Waals surface area contributed by atoms with Gasteiger partial charge in [-0.15, -0.1) is 0 Å². The van der Waals surface area contributed by atoms with E-state index in [1.54, 1.807) is 0 Å². The molecule has 1 aliphatic rings. The number of halogens is 1. The third kappa shape index (κ3) is 7.39. The molecule has 0 aliphatic carbocycles. The Balaban J connectivity index is 0.000000694. The summed E-state index contributed by atoms with van der Waals surface area (Å²) in [4.78, 5) is 25.4. The summed E-state index contributed by atoms with van der Waals surface area (Å²) in [6.45, 7) is 17.0. The number of aromatic nitrogens is 2. The van der Waals surface area contributed by atoms with E-state index < -0.39 is 5.82 Å². The number of anilines is 1. The van der Waals surface area contributed by atoms with E-state index in [9.17, 15) is 14.3 Å². The number of piperazine rings is 1. The number of hydrogen-bond acceptors (Lipinski definition) is 5. The number of nitrogens with zero attached hydrogens (tertiary/aromatic N) is 4. The molecule has 1 aromatic heterocycles. The van der Waals surface area contributed by atoms with E-state index in [1.165, 1.54) is 18.2 Å². The van der Waals surface area contributed by atoms with Crippen LogP contribution in [0.1, 0.15) is 59.9 Å². The molecule has 2 heterocycles. The van der Waals surface area contributed by atoms with E-state index in [1.807, 2.05) is 50.8 Å². The Morgan fingerprint density at radius 2 is 1.69 bits per heavy atom. The lowest BCUT2D eigenvalue weighted by Gasteiger charge is -2.36. The minimum absolute atomic E-state index is 0.00100. The molecule has 6 nitrogen and oxygen atoms in total. The van der Waals surface area contributed by atoms with Crippen LogP contribution >= 0.6 is 0 Å². The molecule has 196 valence electrons. The molecule has 0 radical (unpaired) electrons. The highest BCUT2D eigenvalue weighted by Crippen LogP contribution is 2.34. The molecule has 4 rings (SSSR count). The van der Waals surface area contributed by atoms with Gasteiger partial charge in [-0.05, 0) is 49.1 Å². The third-order valence-corrected chi connectivity index (χ3v) is 5.44. The number of phenolic OH excluding ortho intramolecular Hbond substituents is 1. The highest BCUT2D eigenvalue weighted by molar-refractivity contribution is 5.92. The number of carbonyl (C=O) groups excluding carboxylic acids is 1. The topological polar surface area (TPSA) is 69.6 Å². The molecule has 1 fully saturated rings. The summed E-state index contributed by atoms with van der Waals surface area (Å²) in [5.74, 6) is 1.10. The minimum Gasteiger partial charge on any atom is -0.507 e. The zero-order chi connectivity index (χ0) is 26.8. The van der Waals surface area contributed by atoms with Gasteiger partial charge in [-0.3, -0.25) is 4.79 Å². The average Bonchev–Trinajstić information content (AvgIpc) is 2.84. The number of fused-ring (bicyclic) bond motifs is 1. The highest BCUT2D eigenvalue weighted by atomic mass is 19.1. The fraction of sp³-hybridized carbons (Fsp3) is 0.483. The molecule has 36 heavy (non-hydrogen) atoms. The van der Waals surface area contributed by atoms with Crippen molar-refractivity contribution in [3.63, 3.8) is 0 Å². The van der Waals surface area contributed by atoms with Crippen molar-refractivity contribution in [2.24, 2.45) is 5.92 Å². The molecular formula is C29H41FN4O2. The van der Waals surface area contributed by atoms with E-state index in [0.29, 0.717) is 43.9 Å². The smallest absolute Gasteiger partial charge is 0.222 e. The fourth-order valence-electron chi connectivity index (χ4n) is 3.85. The molecule has 1 aliphatic heterocycles. The van der Waals surface area contributed by atoms with Crippen LogP contribution in [0, 0.1) is 18.7 Å². The van der Waals surface area contributed by atoms with Crippen LogP contribution in [0.25, 0.3) is 22.3 Å². The molecule has 1 amide bonds. The summed E-state index contributed by atoms with van der Waals surface area (Å²) in [6, 6.07) is 10.1. The molecule has 0 atom stereocenters. The van der Waals surface area contributed by atoms with Crippen molar-refractivity contribution >= 4 is 22.6 Å². The maximum absolute atomic E-state index is 14.5. The molecule has 7 heteroatoms. The predicted molar refractivity (Wildman–Crippen MR) is 147 cm³/mol. The van der Waals surface area contributed by atoms with E-state index >= 15 is 0 Å². The molecular weight excluding hydrogens is 455 g/mol. The Kier molecular flexibility index (Phi) is 11.1. The third-order valence-electron chi connectivity index (χ3n) is 5.44. The van der Waals surface area contributed by atoms with E-state index in [0.717, 1.165) is 23.3 Å². The molecule has 0 bridgehead atoms. The number of aromatic hydroxyl groups is 1. The number of phenols is 1. The number of benzene rings is 2. The minimum atomic E-state index is -0.567. The normalized spacial score (nSPS) is 13.1. The first-order valence-corrected chi connectivity index (χ1v) is 13.0. The lowest BCUT2D eigenvalue weighted by atomic mass is 10.1. The highest BCUT2D eigenvalue weighted by Gasteiger charge is 2.24. The van der Waals surface area contributed by atoms with Gasteiger partial charge in [-0.25, -0.2) is 14.4 Å². The van der Waals surface area contributed by atoms with E-state index in [2.05, 4.69) is 35.6 Å². The maximum atomic E-state index is 14.5. The molecule has 0 saturated carbocycles. The van der Waals surface area contributed by atoms with Gasteiger partial charge in [0, 0.05) is 38.0 Å². The Bertz CT molecular complexity index is 1120. The van der Waals surface area contributed by atoms with Gasteiger partial charge in [0.2, 0.25) is 5.91 Å². The van der Waals surface area contributed by atoms with Crippen molar-refractivity contribution in [3.05, 3.63) is 47.8 Å². The standard InChI is InChI=1S/C23H25FN4O2.C4H10.C2H6/c1-3-5-20(30)27-10-12-28(13-11-27)23-16-9-8-15(2)14-18(16)25-22(26-23)21-17(24)6-4-7-19(21)29;1-4(2)3;1-2/h4,6-9,14,29H,3,5,10-13H2,1-2H3;4H,1-3H3;1-2H3. The lowest BCUT2D eigenvalue weighted by Crippen LogP contribution is -2.49. The van der Waals surface area contributed by atoms with Gasteiger partial charge in [-0.1, -0.05) is 53.7 Å². The quantitative estimate of drug-likeness (QED) is 0.441. The van der Waals surface area contributed by atoms with Gasteiger partial charge < -0.3 is 14.9 Å². The van der Waals surface area contributed by atoms with Gasteiger partial charge >= 0.3 is 0 Å². The van der Waals surface area contributed by atoms with Crippen molar-refractivity contribution < 1.29 is 14.3 Å². The van der Waals surface area contributed by atoms with Gasteiger partial charge in [0.15, 0.2) is 5.82 Å². The van der Waals surface area contributed by atoms with Crippen LogP contribution in [-0.2, 0) is 4.79 Å². The molecule has 1 N–H and O–H groups in total. The monoisotopic (exact) mass is 496 g/mol. The van der Waals surface area contributed by atoms with E-state index in [4.69, 9.17) is 0 Å². The second kappa shape index (κ2) is 13.8. The predicted octanol–water partition coefficient (Wildman–Crippen LogP) is 6.59.